The third-order valence-electron chi connectivity index (χ3n) is 6.60. The van der Waals surface area contributed by atoms with E-state index in [9.17, 15) is 4.79 Å². The van der Waals surface area contributed by atoms with E-state index in [2.05, 4.69) is 59.8 Å². The van der Waals surface area contributed by atoms with E-state index in [-0.39, 0.29) is 5.91 Å². The number of aryl methyl sites for hydroxylation is 1. The standard InChI is InChI=1S/C24H32N4O/c1-18-9-11-26(12-10-18)21-7-8-22(25-17-21)24(29)28-15-13-27(14-16-28)23-6-4-5-19(2)20(23)3/h4-8,17-18H,9-16H2,1-3H3. The van der Waals surface area contributed by atoms with Gasteiger partial charge < -0.3 is 14.7 Å². The molecule has 1 aromatic carbocycles. The molecule has 2 aliphatic heterocycles. The van der Waals surface area contributed by atoms with Gasteiger partial charge in [-0.2, -0.15) is 0 Å². The van der Waals surface area contributed by atoms with E-state index in [1.807, 2.05) is 17.2 Å². The van der Waals surface area contributed by atoms with Gasteiger partial charge in [0, 0.05) is 45.0 Å². The number of nitrogens with zero attached hydrogens (tertiary/aromatic N) is 4. The number of hydrogen-bond donors (Lipinski definition) is 0. The highest BCUT2D eigenvalue weighted by Gasteiger charge is 2.24. The van der Waals surface area contributed by atoms with Crippen LogP contribution in [0.4, 0.5) is 11.4 Å². The van der Waals surface area contributed by atoms with Crippen LogP contribution < -0.4 is 9.80 Å². The molecule has 0 atom stereocenters. The summed E-state index contributed by atoms with van der Waals surface area (Å²) in [4.78, 5) is 24.1. The number of benzene rings is 1. The number of aromatic nitrogens is 1. The molecule has 2 saturated heterocycles. The van der Waals surface area contributed by atoms with E-state index in [1.165, 1.54) is 29.7 Å². The monoisotopic (exact) mass is 392 g/mol. The van der Waals surface area contributed by atoms with Gasteiger partial charge in [-0.1, -0.05) is 19.1 Å². The number of piperazine rings is 1. The van der Waals surface area contributed by atoms with Gasteiger partial charge in [0.25, 0.3) is 5.91 Å². The van der Waals surface area contributed by atoms with Gasteiger partial charge in [-0.15, -0.1) is 0 Å². The second-order valence-corrected chi connectivity index (χ2v) is 8.57. The van der Waals surface area contributed by atoms with E-state index >= 15 is 0 Å². The lowest BCUT2D eigenvalue weighted by Gasteiger charge is -2.37. The molecule has 2 fully saturated rings. The number of carbonyl (C=O) groups excluding carboxylic acids is 1. The Morgan fingerprint density at radius 1 is 0.931 bits per heavy atom. The summed E-state index contributed by atoms with van der Waals surface area (Å²) in [7, 11) is 0. The maximum absolute atomic E-state index is 12.9. The first-order chi connectivity index (χ1) is 14.0. The minimum absolute atomic E-state index is 0.0458. The van der Waals surface area contributed by atoms with Crippen molar-refractivity contribution in [1.29, 1.82) is 0 Å². The minimum Gasteiger partial charge on any atom is -0.370 e. The lowest BCUT2D eigenvalue weighted by atomic mass is 9.99. The average molecular weight is 393 g/mol. The third-order valence-corrected chi connectivity index (χ3v) is 6.60. The van der Waals surface area contributed by atoms with Crippen molar-refractivity contribution >= 4 is 17.3 Å². The molecule has 0 unspecified atom stereocenters. The van der Waals surface area contributed by atoms with Crippen molar-refractivity contribution in [2.45, 2.75) is 33.6 Å². The fourth-order valence-corrected chi connectivity index (χ4v) is 4.36. The molecule has 3 heterocycles. The maximum atomic E-state index is 12.9. The first kappa shape index (κ1) is 19.7. The summed E-state index contributed by atoms with van der Waals surface area (Å²) < 4.78 is 0. The Morgan fingerprint density at radius 3 is 2.31 bits per heavy atom. The predicted octanol–water partition coefficient (Wildman–Crippen LogP) is 3.90. The summed E-state index contributed by atoms with van der Waals surface area (Å²) in [6, 6.07) is 10.4. The average Bonchev–Trinajstić information content (AvgIpc) is 2.76. The van der Waals surface area contributed by atoms with Gasteiger partial charge in [0.05, 0.1) is 11.9 Å². The van der Waals surface area contributed by atoms with Crippen molar-refractivity contribution in [2.24, 2.45) is 5.92 Å². The highest BCUT2D eigenvalue weighted by molar-refractivity contribution is 5.92. The van der Waals surface area contributed by atoms with E-state index in [0.717, 1.165) is 50.9 Å². The van der Waals surface area contributed by atoms with Crippen LogP contribution in [0.15, 0.2) is 36.5 Å². The zero-order chi connectivity index (χ0) is 20.4. The van der Waals surface area contributed by atoms with Gasteiger partial charge in [0.2, 0.25) is 0 Å². The summed E-state index contributed by atoms with van der Waals surface area (Å²) in [6.45, 7) is 12.0. The van der Waals surface area contributed by atoms with Crippen LogP contribution in [0.5, 0.6) is 0 Å². The molecule has 1 amide bonds. The van der Waals surface area contributed by atoms with Crippen LogP contribution in [0.2, 0.25) is 0 Å². The molecule has 4 rings (SSSR count). The Balaban J connectivity index is 1.36. The number of carbonyl (C=O) groups is 1. The molecule has 1 aromatic heterocycles. The van der Waals surface area contributed by atoms with Crippen LogP contribution in [0, 0.1) is 19.8 Å². The molecule has 0 aliphatic carbocycles. The van der Waals surface area contributed by atoms with Crippen LogP contribution in [0.25, 0.3) is 0 Å². The quantitative estimate of drug-likeness (QED) is 0.794. The molecule has 5 heteroatoms. The molecule has 2 aromatic rings. The zero-order valence-corrected chi connectivity index (χ0v) is 17.9. The number of piperidine rings is 1. The summed E-state index contributed by atoms with van der Waals surface area (Å²) >= 11 is 0. The summed E-state index contributed by atoms with van der Waals surface area (Å²) in [5.74, 6) is 0.853. The smallest absolute Gasteiger partial charge is 0.272 e. The number of amides is 1. The molecule has 0 N–H and O–H groups in total. The Labute approximate surface area is 174 Å². The Bertz CT molecular complexity index is 848. The molecule has 5 nitrogen and oxygen atoms in total. The van der Waals surface area contributed by atoms with Crippen molar-refractivity contribution in [2.75, 3.05) is 49.1 Å². The normalized spacial score (nSPS) is 18.2. The van der Waals surface area contributed by atoms with Gasteiger partial charge in [0.15, 0.2) is 0 Å². The van der Waals surface area contributed by atoms with E-state index < -0.39 is 0 Å². The largest absolute Gasteiger partial charge is 0.370 e. The molecule has 154 valence electrons. The predicted molar refractivity (Wildman–Crippen MR) is 119 cm³/mol. The first-order valence-electron chi connectivity index (χ1n) is 10.8. The molecule has 29 heavy (non-hydrogen) atoms. The van der Waals surface area contributed by atoms with Crippen LogP contribution in [-0.4, -0.2) is 55.1 Å². The minimum atomic E-state index is 0.0458. The van der Waals surface area contributed by atoms with Crippen LogP contribution in [-0.2, 0) is 0 Å². The first-order valence-corrected chi connectivity index (χ1v) is 10.8. The van der Waals surface area contributed by atoms with E-state index in [4.69, 9.17) is 0 Å². The van der Waals surface area contributed by atoms with E-state index in [0.29, 0.717) is 5.69 Å². The lowest BCUT2D eigenvalue weighted by molar-refractivity contribution is 0.0741. The molecule has 0 bridgehead atoms. The number of anilines is 2. The van der Waals surface area contributed by atoms with Crippen molar-refractivity contribution < 1.29 is 4.79 Å². The van der Waals surface area contributed by atoms with Crippen LogP contribution in [0.3, 0.4) is 0 Å². The fourth-order valence-electron chi connectivity index (χ4n) is 4.36. The molecule has 0 radical (unpaired) electrons. The maximum Gasteiger partial charge on any atom is 0.272 e. The Kier molecular flexibility index (Phi) is 5.74. The molecule has 0 spiro atoms. The number of hydrogen-bond acceptors (Lipinski definition) is 4. The summed E-state index contributed by atoms with van der Waals surface area (Å²) in [5, 5.41) is 0. The van der Waals surface area contributed by atoms with Gasteiger partial charge in [0.1, 0.15) is 5.69 Å². The lowest BCUT2D eigenvalue weighted by Crippen LogP contribution is -2.49. The van der Waals surface area contributed by atoms with Crippen molar-refractivity contribution in [3.05, 3.63) is 53.3 Å². The van der Waals surface area contributed by atoms with Crippen molar-refractivity contribution in [1.82, 2.24) is 9.88 Å². The van der Waals surface area contributed by atoms with Gasteiger partial charge in [-0.25, -0.2) is 4.98 Å². The number of rotatable bonds is 3. The second kappa shape index (κ2) is 8.44. The topological polar surface area (TPSA) is 39.7 Å². The molecule has 0 saturated carbocycles. The van der Waals surface area contributed by atoms with Crippen molar-refractivity contribution in [3.8, 4) is 0 Å². The Morgan fingerprint density at radius 2 is 1.66 bits per heavy atom. The zero-order valence-electron chi connectivity index (χ0n) is 17.9. The van der Waals surface area contributed by atoms with Crippen molar-refractivity contribution in [3.63, 3.8) is 0 Å². The Hall–Kier alpha value is -2.56. The third kappa shape index (κ3) is 4.24. The van der Waals surface area contributed by atoms with Crippen LogP contribution >= 0.6 is 0 Å². The van der Waals surface area contributed by atoms with Gasteiger partial charge in [-0.05, 0) is 61.9 Å². The summed E-state index contributed by atoms with van der Waals surface area (Å²) in [6.07, 6.45) is 4.33. The molecular formula is C24H32N4O. The van der Waals surface area contributed by atoms with Crippen LogP contribution in [0.1, 0.15) is 41.4 Å². The highest BCUT2D eigenvalue weighted by atomic mass is 16.2. The molecule has 2 aliphatic rings. The molecular weight excluding hydrogens is 360 g/mol. The van der Waals surface area contributed by atoms with E-state index in [1.54, 1.807) is 0 Å². The number of pyridine rings is 1. The second-order valence-electron chi connectivity index (χ2n) is 8.57. The SMILES string of the molecule is Cc1cccc(N2CCN(C(=O)c3ccc(N4CCC(C)CC4)cn3)CC2)c1C. The van der Waals surface area contributed by atoms with Gasteiger partial charge in [-0.3, -0.25) is 4.79 Å². The summed E-state index contributed by atoms with van der Waals surface area (Å²) in [5.41, 5.74) is 5.62. The van der Waals surface area contributed by atoms with Gasteiger partial charge >= 0.3 is 0 Å². The highest BCUT2D eigenvalue weighted by Crippen LogP contribution is 2.25. The fraction of sp³-hybridized carbons (Fsp3) is 0.500.